The Morgan fingerprint density at radius 1 is 1.64 bits per heavy atom. The summed E-state index contributed by atoms with van der Waals surface area (Å²) in [5.41, 5.74) is 5.20. The highest BCUT2D eigenvalue weighted by molar-refractivity contribution is 7.99. The fourth-order valence-corrected chi connectivity index (χ4v) is 2.26. The quantitative estimate of drug-likeness (QED) is 0.593. The number of thioether (sulfide) groups is 1. The standard InChI is InChI=1S/C7H14N2OS/c1-6-2-4-11-5-3-9(6)7(8)10/h6H,2-5H2,1H3,(H2,8,10). The molecule has 1 heterocycles. The molecule has 0 bridgehead atoms. The van der Waals surface area contributed by atoms with E-state index in [0.717, 1.165) is 24.5 Å². The van der Waals surface area contributed by atoms with E-state index in [2.05, 4.69) is 6.92 Å². The summed E-state index contributed by atoms with van der Waals surface area (Å²) in [6.07, 6.45) is 1.06. The zero-order valence-corrected chi connectivity index (χ0v) is 7.56. The molecule has 1 unspecified atom stereocenters. The molecule has 3 nitrogen and oxygen atoms in total. The lowest BCUT2D eigenvalue weighted by atomic mass is 10.2. The number of carbonyl (C=O) groups is 1. The number of primary amides is 1. The Kier molecular flexibility index (Phi) is 3.05. The summed E-state index contributed by atoms with van der Waals surface area (Å²) >= 11 is 1.89. The van der Waals surface area contributed by atoms with Crippen LogP contribution in [0.3, 0.4) is 0 Å². The molecule has 1 aliphatic rings. The molecule has 0 spiro atoms. The van der Waals surface area contributed by atoms with Crippen LogP contribution in [0.5, 0.6) is 0 Å². The van der Waals surface area contributed by atoms with Crippen molar-refractivity contribution in [3.63, 3.8) is 0 Å². The van der Waals surface area contributed by atoms with E-state index < -0.39 is 0 Å². The summed E-state index contributed by atoms with van der Waals surface area (Å²) in [7, 11) is 0. The van der Waals surface area contributed by atoms with Crippen molar-refractivity contribution in [3.05, 3.63) is 0 Å². The summed E-state index contributed by atoms with van der Waals surface area (Å²) in [6, 6.07) is 0.0440. The lowest BCUT2D eigenvalue weighted by Gasteiger charge is -2.24. The molecule has 1 atom stereocenters. The summed E-state index contributed by atoms with van der Waals surface area (Å²) < 4.78 is 0. The smallest absolute Gasteiger partial charge is 0.315 e. The predicted molar refractivity (Wildman–Crippen MR) is 47.7 cm³/mol. The third kappa shape index (κ3) is 2.29. The monoisotopic (exact) mass is 174 g/mol. The predicted octanol–water partition coefficient (Wildman–Crippen LogP) is 0.893. The topological polar surface area (TPSA) is 46.3 Å². The van der Waals surface area contributed by atoms with Gasteiger partial charge in [-0.3, -0.25) is 0 Å². The van der Waals surface area contributed by atoms with Crippen molar-refractivity contribution in [3.8, 4) is 0 Å². The maximum Gasteiger partial charge on any atom is 0.315 e. The van der Waals surface area contributed by atoms with Crippen LogP contribution in [0.1, 0.15) is 13.3 Å². The SMILES string of the molecule is CC1CCSCCN1C(N)=O. The van der Waals surface area contributed by atoms with Crippen molar-refractivity contribution in [2.75, 3.05) is 18.1 Å². The molecule has 11 heavy (non-hydrogen) atoms. The Labute approximate surface area is 71.3 Å². The second kappa shape index (κ2) is 3.85. The molecule has 0 aromatic heterocycles. The number of nitrogens with two attached hydrogens (primary N) is 1. The van der Waals surface area contributed by atoms with E-state index in [1.165, 1.54) is 0 Å². The Balaban J connectivity index is 2.52. The number of nitrogens with zero attached hydrogens (tertiary/aromatic N) is 1. The molecule has 1 rings (SSSR count). The van der Waals surface area contributed by atoms with Crippen molar-refractivity contribution in [1.82, 2.24) is 4.90 Å². The highest BCUT2D eigenvalue weighted by Gasteiger charge is 2.19. The summed E-state index contributed by atoms with van der Waals surface area (Å²) in [5.74, 6) is 2.16. The van der Waals surface area contributed by atoms with Crippen LogP contribution in [0.2, 0.25) is 0 Å². The van der Waals surface area contributed by atoms with Crippen LogP contribution in [0.25, 0.3) is 0 Å². The minimum absolute atomic E-state index is 0.278. The van der Waals surface area contributed by atoms with Crippen molar-refractivity contribution < 1.29 is 4.79 Å². The van der Waals surface area contributed by atoms with Gasteiger partial charge in [-0.1, -0.05) is 0 Å². The summed E-state index contributed by atoms with van der Waals surface area (Å²) in [6.45, 7) is 2.86. The molecule has 4 heteroatoms. The van der Waals surface area contributed by atoms with Gasteiger partial charge in [0.25, 0.3) is 0 Å². The Morgan fingerprint density at radius 3 is 3.00 bits per heavy atom. The molecule has 1 fully saturated rings. The minimum Gasteiger partial charge on any atom is -0.351 e. The highest BCUT2D eigenvalue weighted by Crippen LogP contribution is 2.15. The summed E-state index contributed by atoms with van der Waals surface area (Å²) in [4.78, 5) is 12.6. The largest absolute Gasteiger partial charge is 0.351 e. The molecule has 0 aliphatic carbocycles. The van der Waals surface area contributed by atoms with Crippen LogP contribution in [-0.2, 0) is 0 Å². The van der Waals surface area contributed by atoms with Crippen LogP contribution in [0.15, 0.2) is 0 Å². The summed E-state index contributed by atoms with van der Waals surface area (Å²) in [5, 5.41) is 0. The van der Waals surface area contributed by atoms with Crippen LogP contribution < -0.4 is 5.73 Å². The van der Waals surface area contributed by atoms with Crippen LogP contribution in [-0.4, -0.2) is 35.0 Å². The van der Waals surface area contributed by atoms with E-state index in [0.29, 0.717) is 6.04 Å². The molecule has 0 saturated carbocycles. The lowest BCUT2D eigenvalue weighted by molar-refractivity contribution is 0.193. The third-order valence-electron chi connectivity index (χ3n) is 1.97. The van der Waals surface area contributed by atoms with E-state index in [-0.39, 0.29) is 6.03 Å². The van der Waals surface area contributed by atoms with Crippen molar-refractivity contribution in [2.45, 2.75) is 19.4 Å². The number of rotatable bonds is 0. The third-order valence-corrected chi connectivity index (χ3v) is 2.97. The molecule has 0 radical (unpaired) electrons. The molecule has 0 aromatic rings. The minimum atomic E-state index is -0.278. The second-order valence-electron chi connectivity index (χ2n) is 2.78. The first-order valence-corrected chi connectivity index (χ1v) is 5.01. The molecule has 1 aliphatic heterocycles. The van der Waals surface area contributed by atoms with Gasteiger partial charge in [0.15, 0.2) is 0 Å². The van der Waals surface area contributed by atoms with E-state index in [1.807, 2.05) is 11.8 Å². The molecule has 2 N–H and O–H groups in total. The van der Waals surface area contributed by atoms with Crippen molar-refractivity contribution in [2.24, 2.45) is 5.73 Å². The number of urea groups is 1. The van der Waals surface area contributed by atoms with Crippen molar-refractivity contribution in [1.29, 1.82) is 0 Å². The number of carbonyl (C=O) groups excluding carboxylic acids is 1. The van der Waals surface area contributed by atoms with Gasteiger partial charge >= 0.3 is 6.03 Å². The molecule has 1 saturated heterocycles. The van der Waals surface area contributed by atoms with Gasteiger partial charge in [-0.15, -0.1) is 0 Å². The average Bonchev–Trinajstić information content (AvgIpc) is 2.13. The molecule has 0 aromatic carbocycles. The van der Waals surface area contributed by atoms with Gasteiger partial charge in [-0.25, -0.2) is 4.79 Å². The van der Waals surface area contributed by atoms with Gasteiger partial charge in [0, 0.05) is 18.3 Å². The van der Waals surface area contributed by atoms with Gasteiger partial charge in [0.1, 0.15) is 0 Å². The normalized spacial score (nSPS) is 26.3. The zero-order valence-electron chi connectivity index (χ0n) is 6.75. The van der Waals surface area contributed by atoms with Gasteiger partial charge in [0.05, 0.1) is 0 Å². The number of hydrogen-bond acceptors (Lipinski definition) is 2. The Hall–Kier alpha value is -0.380. The van der Waals surface area contributed by atoms with E-state index >= 15 is 0 Å². The lowest BCUT2D eigenvalue weighted by Crippen LogP contribution is -2.42. The van der Waals surface area contributed by atoms with E-state index in [1.54, 1.807) is 4.90 Å². The van der Waals surface area contributed by atoms with Crippen LogP contribution >= 0.6 is 11.8 Å². The first-order valence-electron chi connectivity index (χ1n) is 3.85. The van der Waals surface area contributed by atoms with Gasteiger partial charge in [-0.05, 0) is 19.1 Å². The van der Waals surface area contributed by atoms with Crippen LogP contribution in [0.4, 0.5) is 4.79 Å². The van der Waals surface area contributed by atoms with E-state index in [9.17, 15) is 4.79 Å². The maximum absolute atomic E-state index is 10.9. The zero-order chi connectivity index (χ0) is 8.27. The fourth-order valence-electron chi connectivity index (χ4n) is 1.22. The first-order chi connectivity index (χ1) is 5.22. The molecule has 2 amide bonds. The van der Waals surface area contributed by atoms with Gasteiger partial charge < -0.3 is 10.6 Å². The number of amides is 2. The fraction of sp³-hybridized carbons (Fsp3) is 0.857. The molecular formula is C7H14N2OS. The van der Waals surface area contributed by atoms with Crippen molar-refractivity contribution >= 4 is 17.8 Å². The Bertz CT molecular complexity index is 151. The van der Waals surface area contributed by atoms with Gasteiger partial charge in [0.2, 0.25) is 0 Å². The highest BCUT2D eigenvalue weighted by atomic mass is 32.2. The first kappa shape index (κ1) is 8.71. The Morgan fingerprint density at radius 2 is 2.36 bits per heavy atom. The number of hydrogen-bond donors (Lipinski definition) is 1. The second-order valence-corrected chi connectivity index (χ2v) is 4.01. The maximum atomic E-state index is 10.9. The van der Waals surface area contributed by atoms with E-state index in [4.69, 9.17) is 5.73 Å². The molecular weight excluding hydrogens is 160 g/mol. The molecule has 64 valence electrons. The van der Waals surface area contributed by atoms with Gasteiger partial charge in [-0.2, -0.15) is 11.8 Å². The van der Waals surface area contributed by atoms with Crippen LogP contribution in [0, 0.1) is 0 Å². The average molecular weight is 174 g/mol.